The van der Waals surface area contributed by atoms with Crippen molar-refractivity contribution in [2.75, 3.05) is 5.75 Å². The topological polar surface area (TPSA) is 88.2 Å². The van der Waals surface area contributed by atoms with Gasteiger partial charge in [-0.05, 0) is 5.56 Å². The number of aliphatic hydroxyl groups excluding tert-OH is 1. The van der Waals surface area contributed by atoms with Crippen LogP contribution >= 0.6 is 11.8 Å². The molecule has 2 aromatic rings. The Morgan fingerprint density at radius 1 is 1.26 bits per heavy atom. The molecule has 0 bridgehead atoms. The molecule has 0 saturated heterocycles. The lowest BCUT2D eigenvalue weighted by molar-refractivity contribution is -0.133. The summed E-state index contributed by atoms with van der Waals surface area (Å²) in [6.07, 6.45) is 0. The fourth-order valence-corrected chi connectivity index (χ4v) is 2.27. The van der Waals surface area contributed by atoms with Crippen LogP contribution in [0.4, 0.5) is 0 Å². The molecule has 2 N–H and O–H groups in total. The van der Waals surface area contributed by atoms with E-state index in [-0.39, 0.29) is 12.4 Å². The van der Waals surface area contributed by atoms with Crippen LogP contribution in [-0.4, -0.2) is 36.7 Å². The molecule has 0 radical (unpaired) electrons. The zero-order chi connectivity index (χ0) is 13.7. The van der Waals surface area contributed by atoms with E-state index in [1.165, 1.54) is 0 Å². The molecule has 19 heavy (non-hydrogen) atoms. The number of thioether (sulfide) groups is 1. The number of carboxylic acids is 1. The maximum absolute atomic E-state index is 10.6. The van der Waals surface area contributed by atoms with E-state index in [0.717, 1.165) is 17.3 Å². The average molecular weight is 279 g/mol. The summed E-state index contributed by atoms with van der Waals surface area (Å²) in [6.45, 7) is 0.277. The molecule has 0 amide bonds. The molecule has 0 fully saturated rings. The molecule has 100 valence electrons. The number of hydrogen-bond donors (Lipinski definition) is 2. The van der Waals surface area contributed by atoms with Gasteiger partial charge in [-0.3, -0.25) is 9.36 Å². The SMILES string of the molecule is O=C(O)CSc1nnc(CO)n1Cc1ccccc1. The molecule has 1 aromatic carbocycles. The van der Waals surface area contributed by atoms with Crippen molar-refractivity contribution in [2.24, 2.45) is 0 Å². The van der Waals surface area contributed by atoms with Gasteiger partial charge >= 0.3 is 5.97 Å². The molecule has 1 aromatic heterocycles. The number of nitrogens with zero attached hydrogens (tertiary/aromatic N) is 3. The van der Waals surface area contributed by atoms with Gasteiger partial charge in [0.05, 0.1) is 12.3 Å². The van der Waals surface area contributed by atoms with Gasteiger partial charge in [0.15, 0.2) is 11.0 Å². The lowest BCUT2D eigenvalue weighted by atomic mass is 10.2. The van der Waals surface area contributed by atoms with Gasteiger partial charge in [0, 0.05) is 0 Å². The number of hydrogen-bond acceptors (Lipinski definition) is 5. The zero-order valence-electron chi connectivity index (χ0n) is 10.1. The van der Waals surface area contributed by atoms with Crippen molar-refractivity contribution in [2.45, 2.75) is 18.3 Å². The quantitative estimate of drug-likeness (QED) is 0.767. The van der Waals surface area contributed by atoms with E-state index >= 15 is 0 Å². The molecule has 0 saturated carbocycles. The van der Waals surface area contributed by atoms with Gasteiger partial charge in [0.25, 0.3) is 0 Å². The Kier molecular flexibility index (Phi) is 4.53. The predicted molar refractivity (Wildman–Crippen MR) is 69.8 cm³/mol. The molecule has 0 aliphatic carbocycles. The Bertz CT molecular complexity index is 557. The second-order valence-electron chi connectivity index (χ2n) is 3.81. The highest BCUT2D eigenvalue weighted by Gasteiger charge is 2.13. The number of aliphatic hydroxyl groups is 1. The predicted octanol–water partition coefficient (Wildman–Crippen LogP) is 0.995. The van der Waals surface area contributed by atoms with Crippen molar-refractivity contribution in [3.63, 3.8) is 0 Å². The van der Waals surface area contributed by atoms with E-state index in [9.17, 15) is 9.90 Å². The number of carboxylic acid groups (broad SMARTS) is 1. The first kappa shape index (κ1) is 13.6. The maximum Gasteiger partial charge on any atom is 0.313 e. The third-order valence-electron chi connectivity index (χ3n) is 2.44. The van der Waals surface area contributed by atoms with Crippen molar-refractivity contribution in [1.29, 1.82) is 0 Å². The first-order chi connectivity index (χ1) is 9.20. The molecule has 7 heteroatoms. The van der Waals surface area contributed by atoms with Gasteiger partial charge < -0.3 is 10.2 Å². The monoisotopic (exact) mass is 279 g/mol. The molecular weight excluding hydrogens is 266 g/mol. The van der Waals surface area contributed by atoms with Gasteiger partial charge in [0.1, 0.15) is 6.61 Å². The largest absolute Gasteiger partial charge is 0.481 e. The minimum absolute atomic E-state index is 0.0850. The lowest BCUT2D eigenvalue weighted by Gasteiger charge is -2.08. The molecule has 0 aliphatic heterocycles. The molecule has 0 aliphatic rings. The standard InChI is InChI=1S/C12H13N3O3S/c16-7-10-13-14-12(19-8-11(17)18)15(10)6-9-4-2-1-3-5-9/h1-5,16H,6-8H2,(H,17,18). The summed E-state index contributed by atoms with van der Waals surface area (Å²) < 4.78 is 1.73. The molecule has 2 rings (SSSR count). The summed E-state index contributed by atoms with van der Waals surface area (Å²) in [5, 5.41) is 26.2. The minimum atomic E-state index is -0.912. The van der Waals surface area contributed by atoms with Gasteiger partial charge in [-0.15, -0.1) is 10.2 Å². The van der Waals surface area contributed by atoms with Crippen molar-refractivity contribution in [3.05, 3.63) is 41.7 Å². The summed E-state index contributed by atoms with van der Waals surface area (Å²) in [5.41, 5.74) is 1.04. The van der Waals surface area contributed by atoms with Crippen molar-refractivity contribution in [3.8, 4) is 0 Å². The number of aromatic nitrogens is 3. The van der Waals surface area contributed by atoms with Crippen molar-refractivity contribution >= 4 is 17.7 Å². The molecule has 0 spiro atoms. The summed E-state index contributed by atoms with van der Waals surface area (Å²) >= 11 is 1.09. The normalized spacial score (nSPS) is 10.6. The van der Waals surface area contributed by atoms with Crippen LogP contribution in [0.15, 0.2) is 35.5 Å². The van der Waals surface area contributed by atoms with Crippen molar-refractivity contribution in [1.82, 2.24) is 14.8 Å². The number of rotatable bonds is 6. The van der Waals surface area contributed by atoms with Gasteiger partial charge in [-0.2, -0.15) is 0 Å². The highest BCUT2D eigenvalue weighted by molar-refractivity contribution is 7.99. The summed E-state index contributed by atoms with van der Waals surface area (Å²) in [5.74, 6) is -0.570. The fraction of sp³-hybridized carbons (Fsp3) is 0.250. The van der Waals surface area contributed by atoms with E-state index in [1.807, 2.05) is 30.3 Å². The molecule has 0 unspecified atom stereocenters. The zero-order valence-corrected chi connectivity index (χ0v) is 10.9. The first-order valence-electron chi connectivity index (χ1n) is 5.62. The summed E-state index contributed by atoms with van der Waals surface area (Å²) in [7, 11) is 0. The van der Waals surface area contributed by atoms with E-state index < -0.39 is 5.97 Å². The average Bonchev–Trinajstić information content (AvgIpc) is 2.80. The Hall–Kier alpha value is -1.86. The molecular formula is C12H13N3O3S. The first-order valence-corrected chi connectivity index (χ1v) is 6.60. The fourth-order valence-electron chi connectivity index (χ4n) is 1.59. The Morgan fingerprint density at radius 2 is 2.00 bits per heavy atom. The third-order valence-corrected chi connectivity index (χ3v) is 3.39. The van der Waals surface area contributed by atoms with Gasteiger partial charge in [-0.1, -0.05) is 42.1 Å². The smallest absolute Gasteiger partial charge is 0.313 e. The second kappa shape index (κ2) is 6.35. The van der Waals surface area contributed by atoms with E-state index in [1.54, 1.807) is 4.57 Å². The third kappa shape index (κ3) is 3.55. The number of aliphatic carboxylic acids is 1. The van der Waals surface area contributed by atoms with Crippen LogP contribution < -0.4 is 0 Å². The van der Waals surface area contributed by atoms with Crippen LogP contribution in [0.1, 0.15) is 11.4 Å². The van der Waals surface area contributed by atoms with Crippen LogP contribution in [0.25, 0.3) is 0 Å². The van der Waals surface area contributed by atoms with E-state index in [4.69, 9.17) is 5.11 Å². The van der Waals surface area contributed by atoms with Crippen LogP contribution in [0, 0.1) is 0 Å². The maximum atomic E-state index is 10.6. The lowest BCUT2D eigenvalue weighted by Crippen LogP contribution is -2.08. The minimum Gasteiger partial charge on any atom is -0.481 e. The molecule has 6 nitrogen and oxygen atoms in total. The highest BCUT2D eigenvalue weighted by Crippen LogP contribution is 2.18. The second-order valence-corrected chi connectivity index (χ2v) is 4.75. The Labute approximate surface area is 114 Å². The molecule has 1 heterocycles. The van der Waals surface area contributed by atoms with Crippen LogP contribution in [0.2, 0.25) is 0 Å². The van der Waals surface area contributed by atoms with Crippen LogP contribution in [0.5, 0.6) is 0 Å². The summed E-state index contributed by atoms with van der Waals surface area (Å²) in [4.78, 5) is 10.6. The Balaban J connectivity index is 2.21. The number of benzene rings is 1. The van der Waals surface area contributed by atoms with Crippen LogP contribution in [0.3, 0.4) is 0 Å². The molecule has 0 atom stereocenters. The van der Waals surface area contributed by atoms with Crippen molar-refractivity contribution < 1.29 is 15.0 Å². The van der Waals surface area contributed by atoms with Gasteiger partial charge in [0.2, 0.25) is 0 Å². The number of carbonyl (C=O) groups is 1. The Morgan fingerprint density at radius 3 is 2.63 bits per heavy atom. The van der Waals surface area contributed by atoms with Crippen LogP contribution in [-0.2, 0) is 17.9 Å². The van der Waals surface area contributed by atoms with E-state index in [0.29, 0.717) is 17.5 Å². The van der Waals surface area contributed by atoms with Gasteiger partial charge in [-0.25, -0.2) is 0 Å². The summed E-state index contributed by atoms with van der Waals surface area (Å²) in [6, 6.07) is 9.66. The highest BCUT2D eigenvalue weighted by atomic mass is 32.2. The van der Waals surface area contributed by atoms with E-state index in [2.05, 4.69) is 10.2 Å².